The van der Waals surface area contributed by atoms with Gasteiger partial charge in [-0.05, 0) is 54.4 Å². The lowest BCUT2D eigenvalue weighted by Gasteiger charge is -2.12. The molecule has 0 fully saturated rings. The summed E-state index contributed by atoms with van der Waals surface area (Å²) in [6.45, 7) is 3.69. The molecule has 0 bridgehead atoms. The molecule has 150 valence electrons. The molecule has 2 aromatic carbocycles. The molecule has 0 atom stereocenters. The quantitative estimate of drug-likeness (QED) is 0.325. The molecular weight excluding hydrogens is 412 g/mol. The molecule has 0 unspecified atom stereocenters. The van der Waals surface area contributed by atoms with Crippen molar-refractivity contribution in [3.8, 4) is 0 Å². The molecule has 10 heteroatoms. The van der Waals surface area contributed by atoms with Gasteiger partial charge in [-0.25, -0.2) is 8.42 Å². The van der Waals surface area contributed by atoms with Crippen molar-refractivity contribution in [2.75, 3.05) is 10.1 Å². The molecule has 8 nitrogen and oxygen atoms in total. The van der Waals surface area contributed by atoms with Crippen LogP contribution in [-0.2, 0) is 10.0 Å². The van der Waals surface area contributed by atoms with Gasteiger partial charge in [-0.15, -0.1) is 0 Å². The van der Waals surface area contributed by atoms with Gasteiger partial charge in [0.25, 0.3) is 15.7 Å². The van der Waals surface area contributed by atoms with Gasteiger partial charge in [-0.3, -0.25) is 20.3 Å². The summed E-state index contributed by atoms with van der Waals surface area (Å²) in [7, 11) is -4.00. The minimum absolute atomic E-state index is 0.0898. The number of benzene rings is 2. The average Bonchev–Trinajstić information content (AvgIpc) is 3.17. The summed E-state index contributed by atoms with van der Waals surface area (Å²) in [5.41, 5.74) is 5.31. The van der Waals surface area contributed by atoms with Crippen molar-refractivity contribution < 1.29 is 13.3 Å². The topological polar surface area (TPSA) is 114 Å². The molecule has 0 saturated carbocycles. The Morgan fingerprint density at radius 1 is 1.10 bits per heavy atom. The number of nitro groups is 1. The fourth-order valence-corrected chi connectivity index (χ4v) is 4.34. The predicted octanol–water partition coefficient (Wildman–Crippen LogP) is 4.52. The molecule has 0 aliphatic carbocycles. The molecule has 2 N–H and O–H groups in total. The number of nitrogens with zero attached hydrogens (tertiary/aromatic N) is 2. The first-order valence-electron chi connectivity index (χ1n) is 8.46. The minimum atomic E-state index is -4.00. The molecule has 0 spiro atoms. The van der Waals surface area contributed by atoms with Crippen LogP contribution in [0.25, 0.3) is 0 Å². The number of nitrogens with one attached hydrogen (secondary N) is 2. The number of rotatable bonds is 7. The molecule has 0 aliphatic rings. The van der Waals surface area contributed by atoms with E-state index in [0.29, 0.717) is 5.69 Å². The third-order valence-corrected chi connectivity index (χ3v) is 6.11. The lowest BCUT2D eigenvalue weighted by molar-refractivity contribution is -0.384. The van der Waals surface area contributed by atoms with Crippen molar-refractivity contribution in [3.63, 3.8) is 0 Å². The van der Waals surface area contributed by atoms with Crippen molar-refractivity contribution in [1.29, 1.82) is 0 Å². The van der Waals surface area contributed by atoms with Crippen LogP contribution in [-0.4, -0.2) is 19.6 Å². The SMILES string of the molecule is Cc1ccc(NS(=O)(=O)c2ccc(N/N=C/c3ccsc3)c([N+](=O)[O-])c2)c(C)c1. The monoisotopic (exact) mass is 430 g/mol. The van der Waals surface area contributed by atoms with Crippen molar-refractivity contribution in [1.82, 2.24) is 0 Å². The van der Waals surface area contributed by atoms with Crippen LogP contribution in [0.3, 0.4) is 0 Å². The number of hydrazone groups is 1. The Labute approximate surface area is 172 Å². The number of hydrogen-bond acceptors (Lipinski definition) is 7. The summed E-state index contributed by atoms with van der Waals surface area (Å²) < 4.78 is 27.9. The molecule has 3 rings (SSSR count). The summed E-state index contributed by atoms with van der Waals surface area (Å²) in [5, 5.41) is 19.2. The molecular formula is C19H18N4O4S2. The first-order chi connectivity index (χ1) is 13.8. The molecule has 3 aromatic rings. The maximum atomic E-state index is 12.7. The van der Waals surface area contributed by atoms with Gasteiger partial charge in [0.15, 0.2) is 0 Å². The average molecular weight is 431 g/mol. The predicted molar refractivity (Wildman–Crippen MR) is 115 cm³/mol. The van der Waals surface area contributed by atoms with Crippen molar-refractivity contribution in [2.24, 2.45) is 5.10 Å². The number of sulfonamides is 1. The summed E-state index contributed by atoms with van der Waals surface area (Å²) in [6, 6.07) is 10.8. The Balaban J connectivity index is 1.87. The Hall–Kier alpha value is -3.24. The van der Waals surface area contributed by atoms with Crippen LogP contribution in [0.1, 0.15) is 16.7 Å². The molecule has 29 heavy (non-hydrogen) atoms. The van der Waals surface area contributed by atoms with Gasteiger partial charge in [0.05, 0.1) is 21.7 Å². The number of nitro benzene ring substituents is 1. The number of anilines is 2. The van der Waals surface area contributed by atoms with Crippen LogP contribution < -0.4 is 10.1 Å². The first-order valence-corrected chi connectivity index (χ1v) is 10.9. The molecule has 0 amide bonds. The van der Waals surface area contributed by atoms with Crippen LogP contribution in [0.15, 0.2) is 63.2 Å². The van der Waals surface area contributed by atoms with Crippen LogP contribution in [0.2, 0.25) is 0 Å². The maximum absolute atomic E-state index is 12.7. The fraction of sp³-hybridized carbons (Fsp3) is 0.105. The Bertz CT molecular complexity index is 1170. The number of hydrogen-bond donors (Lipinski definition) is 2. The third kappa shape index (κ3) is 4.98. The third-order valence-electron chi connectivity index (χ3n) is 4.04. The largest absolute Gasteiger partial charge is 0.295 e. The molecule has 0 radical (unpaired) electrons. The van der Waals surface area contributed by atoms with Crippen LogP contribution in [0.5, 0.6) is 0 Å². The summed E-state index contributed by atoms with van der Waals surface area (Å²) in [6.07, 6.45) is 1.52. The zero-order valence-corrected chi connectivity index (χ0v) is 17.3. The lowest BCUT2D eigenvalue weighted by Crippen LogP contribution is -2.14. The highest BCUT2D eigenvalue weighted by Crippen LogP contribution is 2.29. The van der Waals surface area contributed by atoms with E-state index in [1.165, 1.54) is 29.7 Å². The van der Waals surface area contributed by atoms with Gasteiger partial charge in [0.2, 0.25) is 0 Å². The van der Waals surface area contributed by atoms with Gasteiger partial charge in [-0.2, -0.15) is 16.4 Å². The maximum Gasteiger partial charge on any atom is 0.295 e. The molecule has 1 aromatic heterocycles. The van der Waals surface area contributed by atoms with E-state index in [1.807, 2.05) is 29.8 Å². The molecule has 0 saturated heterocycles. The van der Waals surface area contributed by atoms with E-state index < -0.39 is 20.6 Å². The van der Waals surface area contributed by atoms with Gasteiger partial charge >= 0.3 is 0 Å². The fourth-order valence-electron chi connectivity index (χ4n) is 2.58. The smallest absolute Gasteiger partial charge is 0.279 e. The Kier molecular flexibility index (Phi) is 5.95. The summed E-state index contributed by atoms with van der Waals surface area (Å²) >= 11 is 1.50. The van der Waals surface area contributed by atoms with Crippen molar-refractivity contribution in [2.45, 2.75) is 18.7 Å². The highest BCUT2D eigenvalue weighted by Gasteiger charge is 2.22. The minimum Gasteiger partial charge on any atom is -0.279 e. The van der Waals surface area contributed by atoms with E-state index in [-0.39, 0.29) is 10.6 Å². The highest BCUT2D eigenvalue weighted by atomic mass is 32.2. The van der Waals surface area contributed by atoms with E-state index in [1.54, 1.807) is 19.1 Å². The van der Waals surface area contributed by atoms with E-state index in [0.717, 1.165) is 22.8 Å². The Morgan fingerprint density at radius 2 is 1.86 bits per heavy atom. The number of thiophene rings is 1. The van der Waals surface area contributed by atoms with Crippen molar-refractivity contribution >= 4 is 44.6 Å². The van der Waals surface area contributed by atoms with E-state index >= 15 is 0 Å². The standard InChI is InChI=1S/C19H18N4O4S2/c1-13-3-5-17(14(2)9-13)22-29(26,27)16-4-6-18(19(10-16)23(24)25)21-20-11-15-7-8-28-12-15/h3-12,21-22H,1-2H3/b20-11+. The summed E-state index contributed by atoms with van der Waals surface area (Å²) in [5.74, 6) is 0. The van der Waals surface area contributed by atoms with Gasteiger partial charge in [0.1, 0.15) is 5.69 Å². The second-order valence-electron chi connectivity index (χ2n) is 6.29. The molecule has 0 aliphatic heterocycles. The van der Waals surface area contributed by atoms with Crippen LogP contribution in [0, 0.1) is 24.0 Å². The zero-order valence-electron chi connectivity index (χ0n) is 15.6. The number of aryl methyl sites for hydroxylation is 2. The van der Waals surface area contributed by atoms with Gasteiger partial charge in [0, 0.05) is 11.6 Å². The van der Waals surface area contributed by atoms with E-state index in [4.69, 9.17) is 0 Å². The summed E-state index contributed by atoms with van der Waals surface area (Å²) in [4.78, 5) is 10.6. The molecule has 1 heterocycles. The van der Waals surface area contributed by atoms with Crippen molar-refractivity contribution in [3.05, 3.63) is 80.0 Å². The Morgan fingerprint density at radius 3 is 2.52 bits per heavy atom. The van der Waals surface area contributed by atoms with E-state index in [9.17, 15) is 18.5 Å². The first kappa shape index (κ1) is 20.5. The normalized spacial score (nSPS) is 11.5. The van der Waals surface area contributed by atoms with E-state index in [2.05, 4.69) is 15.2 Å². The van der Waals surface area contributed by atoms with Gasteiger partial charge < -0.3 is 0 Å². The zero-order chi connectivity index (χ0) is 21.0. The second kappa shape index (κ2) is 8.41. The lowest BCUT2D eigenvalue weighted by atomic mass is 10.1. The van der Waals surface area contributed by atoms with Crippen LogP contribution >= 0.6 is 11.3 Å². The highest BCUT2D eigenvalue weighted by molar-refractivity contribution is 7.92. The van der Waals surface area contributed by atoms with Crippen LogP contribution in [0.4, 0.5) is 17.1 Å². The van der Waals surface area contributed by atoms with Gasteiger partial charge in [-0.1, -0.05) is 17.7 Å². The second-order valence-corrected chi connectivity index (χ2v) is 8.75.